The predicted molar refractivity (Wildman–Crippen MR) is 155 cm³/mol. The number of aromatic amines is 1. The van der Waals surface area contributed by atoms with Gasteiger partial charge in [-0.1, -0.05) is 44.2 Å². The van der Waals surface area contributed by atoms with Gasteiger partial charge in [0.05, 0.1) is 36.2 Å². The number of benzene rings is 2. The number of likely N-dealkylation sites (tertiary alicyclic amines) is 1. The molecule has 40 heavy (non-hydrogen) atoms. The summed E-state index contributed by atoms with van der Waals surface area (Å²) in [7, 11) is 0.894. The summed E-state index contributed by atoms with van der Waals surface area (Å²) >= 11 is 0. The number of aromatic nitrogens is 2. The van der Waals surface area contributed by atoms with Gasteiger partial charge in [0.25, 0.3) is 0 Å². The average Bonchev–Trinajstić information content (AvgIpc) is 3.63. The van der Waals surface area contributed by atoms with E-state index in [1.54, 1.807) is 0 Å². The zero-order chi connectivity index (χ0) is 28.8. The number of nitrogens with zero attached hydrogens (tertiary/aromatic N) is 2. The number of nitrogens with one attached hydrogen (secondary N) is 2. The Balaban J connectivity index is 1.34. The van der Waals surface area contributed by atoms with Crippen molar-refractivity contribution in [2.75, 3.05) is 13.7 Å². The molecule has 3 aromatic rings. The molecule has 0 aliphatic carbocycles. The summed E-state index contributed by atoms with van der Waals surface area (Å²) in [6, 6.07) is 11.7. The molecule has 1 aromatic heterocycles. The third kappa shape index (κ3) is 5.22. The Labute approximate surface area is 236 Å². The molecule has 2 N–H and O–H groups in total. The number of alkyl carbamates (subject to hydrolysis) is 1. The molecule has 1 unspecified atom stereocenters. The van der Waals surface area contributed by atoms with Crippen LogP contribution in [0.1, 0.15) is 66.3 Å². The largest absolute Gasteiger partial charge is 0.494 e. The lowest BCUT2D eigenvalue weighted by atomic mass is 9.78. The van der Waals surface area contributed by atoms with Crippen molar-refractivity contribution in [3.8, 4) is 11.3 Å². The standard InChI is InChI=1S/C30H39BN4O5/c1-18(2)25(34-28(37)38-7)27(36)35-14-8-9-24(35)26-32-17-23(33-26)21-11-10-20-16-22(13-12-19(20)15-21)31-39-29(3,4)30(5,6)40-31/h10-13,15-18,24-25H,8-9,14H2,1-7H3,(H,32,33)(H,34,37)/t24?,25-/m0/s1. The predicted octanol–water partition coefficient (Wildman–Crippen LogP) is 4.57. The number of amides is 2. The van der Waals surface area contributed by atoms with Crippen LogP contribution in [-0.2, 0) is 18.8 Å². The van der Waals surface area contributed by atoms with Crippen LogP contribution in [0.5, 0.6) is 0 Å². The van der Waals surface area contributed by atoms with Crippen LogP contribution in [0, 0.1) is 5.92 Å². The molecule has 2 atom stereocenters. The van der Waals surface area contributed by atoms with Crippen LogP contribution in [0.2, 0.25) is 0 Å². The summed E-state index contributed by atoms with van der Waals surface area (Å²) in [5.74, 6) is 0.546. The number of carbonyl (C=O) groups is 2. The smallest absolute Gasteiger partial charge is 0.453 e. The van der Waals surface area contributed by atoms with Gasteiger partial charge >= 0.3 is 13.2 Å². The minimum Gasteiger partial charge on any atom is -0.453 e. The molecule has 0 saturated carbocycles. The zero-order valence-electron chi connectivity index (χ0n) is 24.4. The number of ether oxygens (including phenoxy) is 1. The van der Waals surface area contributed by atoms with E-state index in [-0.39, 0.29) is 29.1 Å². The van der Waals surface area contributed by atoms with Crippen molar-refractivity contribution in [1.82, 2.24) is 20.2 Å². The first-order valence-electron chi connectivity index (χ1n) is 14.0. The van der Waals surface area contributed by atoms with Crippen molar-refractivity contribution in [2.24, 2.45) is 5.92 Å². The molecule has 2 amide bonds. The summed E-state index contributed by atoms with van der Waals surface area (Å²) in [6.07, 6.45) is 2.89. The Morgan fingerprint density at radius 1 is 1.10 bits per heavy atom. The normalized spacial score (nSPS) is 20.8. The molecule has 2 aliphatic heterocycles. The van der Waals surface area contributed by atoms with Crippen LogP contribution >= 0.6 is 0 Å². The maximum absolute atomic E-state index is 13.4. The van der Waals surface area contributed by atoms with Crippen LogP contribution in [0.4, 0.5) is 4.79 Å². The maximum Gasteiger partial charge on any atom is 0.494 e. The van der Waals surface area contributed by atoms with Gasteiger partial charge in [0.15, 0.2) is 0 Å². The summed E-state index contributed by atoms with van der Waals surface area (Å²) in [6.45, 7) is 12.7. The molecule has 2 aliphatic rings. The van der Waals surface area contributed by atoms with Gasteiger partial charge in [-0.25, -0.2) is 9.78 Å². The van der Waals surface area contributed by atoms with E-state index >= 15 is 0 Å². The Hall–Kier alpha value is -3.37. The number of H-pyrrole nitrogens is 1. The number of imidazole rings is 1. The van der Waals surface area contributed by atoms with E-state index in [1.165, 1.54) is 7.11 Å². The van der Waals surface area contributed by atoms with Crippen LogP contribution < -0.4 is 10.8 Å². The SMILES string of the molecule is COC(=O)N[C@H](C(=O)N1CCCC1c1ncc(-c2ccc3cc(B4OC(C)(C)C(C)(C)O4)ccc3c2)[nH]1)C(C)C. The van der Waals surface area contributed by atoms with Gasteiger partial charge in [-0.15, -0.1) is 0 Å². The third-order valence-corrected chi connectivity index (χ3v) is 8.54. The Bertz CT molecular complexity index is 1400. The minimum absolute atomic E-state index is 0.0806. The molecule has 10 heteroatoms. The first-order valence-corrected chi connectivity index (χ1v) is 14.0. The van der Waals surface area contributed by atoms with Crippen LogP contribution in [-0.4, -0.2) is 64.9 Å². The monoisotopic (exact) mass is 546 g/mol. The van der Waals surface area contributed by atoms with Gasteiger partial charge in [-0.2, -0.15) is 0 Å². The van der Waals surface area contributed by atoms with Crippen LogP contribution in [0.15, 0.2) is 42.6 Å². The fraction of sp³-hybridized carbons (Fsp3) is 0.500. The van der Waals surface area contributed by atoms with E-state index in [1.807, 2.05) is 24.9 Å². The second-order valence-corrected chi connectivity index (χ2v) is 12.1. The highest BCUT2D eigenvalue weighted by atomic mass is 16.7. The molecule has 212 valence electrons. The summed E-state index contributed by atoms with van der Waals surface area (Å²) in [5, 5.41) is 4.89. The number of methoxy groups -OCH3 is 1. The third-order valence-electron chi connectivity index (χ3n) is 8.54. The Morgan fingerprint density at radius 2 is 1.77 bits per heavy atom. The molecule has 9 nitrogen and oxygen atoms in total. The molecule has 0 bridgehead atoms. The number of carbonyl (C=O) groups excluding carboxylic acids is 2. The molecule has 2 aromatic carbocycles. The molecular formula is C30H39BN4O5. The number of hydrogen-bond donors (Lipinski definition) is 2. The fourth-order valence-corrected chi connectivity index (χ4v) is 5.40. The Morgan fingerprint density at radius 3 is 2.45 bits per heavy atom. The van der Waals surface area contributed by atoms with Gasteiger partial charge in [0.1, 0.15) is 11.9 Å². The summed E-state index contributed by atoms with van der Waals surface area (Å²) < 4.78 is 17.2. The van der Waals surface area contributed by atoms with Gasteiger partial charge in [-0.05, 0) is 68.8 Å². The Kier molecular flexibility index (Phi) is 7.44. The minimum atomic E-state index is -0.662. The van der Waals surface area contributed by atoms with Gasteiger partial charge in [-0.3, -0.25) is 4.79 Å². The summed E-state index contributed by atoms with van der Waals surface area (Å²) in [5.41, 5.74) is 2.12. The molecular weight excluding hydrogens is 507 g/mol. The first kappa shape index (κ1) is 28.2. The highest BCUT2D eigenvalue weighted by Gasteiger charge is 2.51. The van der Waals surface area contributed by atoms with Gasteiger partial charge < -0.3 is 29.2 Å². The molecule has 2 fully saturated rings. The van der Waals surface area contributed by atoms with Crippen molar-refractivity contribution < 1.29 is 23.6 Å². The van der Waals surface area contributed by atoms with Crippen molar-refractivity contribution in [3.63, 3.8) is 0 Å². The lowest BCUT2D eigenvalue weighted by Gasteiger charge is -2.32. The van der Waals surface area contributed by atoms with Gasteiger partial charge in [0.2, 0.25) is 5.91 Å². The molecule has 2 saturated heterocycles. The number of rotatable bonds is 6. The fourth-order valence-electron chi connectivity index (χ4n) is 5.40. The van der Waals surface area contributed by atoms with Crippen LogP contribution in [0.3, 0.4) is 0 Å². The second-order valence-electron chi connectivity index (χ2n) is 12.1. The van der Waals surface area contributed by atoms with Gasteiger partial charge in [0, 0.05) is 12.1 Å². The van der Waals surface area contributed by atoms with Crippen molar-refractivity contribution in [1.29, 1.82) is 0 Å². The van der Waals surface area contributed by atoms with E-state index in [0.29, 0.717) is 6.54 Å². The lowest BCUT2D eigenvalue weighted by Crippen LogP contribution is -2.51. The average molecular weight is 546 g/mol. The topological polar surface area (TPSA) is 106 Å². The highest BCUT2D eigenvalue weighted by Crippen LogP contribution is 2.37. The highest BCUT2D eigenvalue weighted by molar-refractivity contribution is 6.62. The lowest BCUT2D eigenvalue weighted by molar-refractivity contribution is -0.135. The van der Waals surface area contributed by atoms with E-state index < -0.39 is 19.3 Å². The quantitative estimate of drug-likeness (QED) is 0.439. The van der Waals surface area contributed by atoms with Crippen molar-refractivity contribution >= 4 is 35.4 Å². The molecule has 3 heterocycles. The van der Waals surface area contributed by atoms with Crippen molar-refractivity contribution in [3.05, 3.63) is 48.4 Å². The van der Waals surface area contributed by atoms with E-state index in [0.717, 1.165) is 46.2 Å². The van der Waals surface area contributed by atoms with Crippen LogP contribution in [0.25, 0.3) is 22.0 Å². The number of hydrogen-bond acceptors (Lipinski definition) is 6. The maximum atomic E-state index is 13.4. The van der Waals surface area contributed by atoms with E-state index in [4.69, 9.17) is 14.0 Å². The zero-order valence-corrected chi connectivity index (χ0v) is 24.4. The number of fused-ring (bicyclic) bond motifs is 1. The van der Waals surface area contributed by atoms with E-state index in [2.05, 4.69) is 79.4 Å². The molecule has 0 spiro atoms. The second kappa shape index (κ2) is 10.6. The molecule has 0 radical (unpaired) electrons. The molecule has 5 rings (SSSR count). The first-order chi connectivity index (χ1) is 18.9. The van der Waals surface area contributed by atoms with E-state index in [9.17, 15) is 9.59 Å². The summed E-state index contributed by atoms with van der Waals surface area (Å²) in [4.78, 5) is 35.2. The van der Waals surface area contributed by atoms with Crippen molar-refractivity contribution in [2.45, 2.75) is 77.7 Å².